The monoisotopic (exact) mass is 513 g/mol. The highest BCUT2D eigenvalue weighted by atomic mass is 32.2. The Hall–Kier alpha value is -2.26. The highest BCUT2D eigenvalue weighted by molar-refractivity contribution is 7.97. The van der Waals surface area contributed by atoms with Crippen molar-refractivity contribution in [3.63, 3.8) is 0 Å². The molecule has 4 saturated carbocycles. The average molecular weight is 514 g/mol. The Morgan fingerprint density at radius 1 is 0.757 bits per heavy atom. The molecule has 3 aromatic rings. The SMILES string of the molecule is CC(C)(C)C1(Oc2cc([S+](c3ccccc3)c3ccccc3)ccc2F)CC2CC1C1C3CCC(C3)C21. The molecule has 0 spiro atoms. The van der Waals surface area contributed by atoms with Gasteiger partial charge in [-0.25, -0.2) is 4.39 Å². The Labute approximate surface area is 224 Å². The van der Waals surface area contributed by atoms with E-state index in [0.717, 1.165) is 40.9 Å². The lowest BCUT2D eigenvalue weighted by Crippen LogP contribution is -2.56. The normalized spacial score (nSPS) is 33.8. The molecule has 0 amide bonds. The fourth-order valence-electron chi connectivity index (χ4n) is 9.12. The Balaban J connectivity index is 1.29. The Morgan fingerprint density at radius 3 is 2.00 bits per heavy atom. The van der Waals surface area contributed by atoms with Gasteiger partial charge in [-0.2, -0.15) is 0 Å². The highest BCUT2D eigenvalue weighted by Gasteiger charge is 2.70. The molecule has 0 aliphatic heterocycles. The van der Waals surface area contributed by atoms with E-state index in [1.54, 1.807) is 6.07 Å². The van der Waals surface area contributed by atoms with Gasteiger partial charge in [0.25, 0.3) is 0 Å². The van der Waals surface area contributed by atoms with Crippen LogP contribution in [0.15, 0.2) is 93.5 Å². The summed E-state index contributed by atoms with van der Waals surface area (Å²) < 4.78 is 22.7. The Kier molecular flexibility index (Phi) is 5.56. The molecule has 37 heavy (non-hydrogen) atoms. The number of fused-ring (bicyclic) bond motifs is 9. The smallest absolute Gasteiger partial charge is 0.170 e. The molecule has 4 bridgehead atoms. The minimum atomic E-state index is -0.325. The number of hydrogen-bond acceptors (Lipinski definition) is 1. The molecule has 7 atom stereocenters. The molecule has 1 nitrogen and oxygen atoms in total. The van der Waals surface area contributed by atoms with Gasteiger partial charge in [0, 0.05) is 17.4 Å². The predicted molar refractivity (Wildman–Crippen MR) is 148 cm³/mol. The summed E-state index contributed by atoms with van der Waals surface area (Å²) in [5, 5.41) is 0. The molecule has 0 heterocycles. The van der Waals surface area contributed by atoms with Crippen molar-refractivity contribution >= 4 is 10.9 Å². The van der Waals surface area contributed by atoms with E-state index in [-0.39, 0.29) is 27.7 Å². The zero-order valence-corrected chi connectivity index (χ0v) is 23.0. The molecule has 3 aromatic carbocycles. The van der Waals surface area contributed by atoms with Crippen LogP contribution in [-0.2, 0) is 10.9 Å². The van der Waals surface area contributed by atoms with Gasteiger partial charge in [0.1, 0.15) is 5.60 Å². The first-order chi connectivity index (χ1) is 17.9. The van der Waals surface area contributed by atoms with Gasteiger partial charge in [0.2, 0.25) is 0 Å². The van der Waals surface area contributed by atoms with Gasteiger partial charge in [-0.05, 0) is 98.1 Å². The maximum absolute atomic E-state index is 15.6. The van der Waals surface area contributed by atoms with Gasteiger partial charge in [-0.3, -0.25) is 0 Å². The number of rotatable bonds is 5. The molecule has 7 unspecified atom stereocenters. The van der Waals surface area contributed by atoms with Gasteiger partial charge >= 0.3 is 0 Å². The van der Waals surface area contributed by atoms with Crippen LogP contribution >= 0.6 is 0 Å². The molecule has 4 aliphatic rings. The maximum atomic E-state index is 15.6. The van der Waals surface area contributed by atoms with Crippen LogP contribution in [0.4, 0.5) is 4.39 Å². The number of ether oxygens (including phenoxy) is 1. The summed E-state index contributed by atoms with van der Waals surface area (Å²) in [5.74, 6) is 5.01. The van der Waals surface area contributed by atoms with E-state index in [4.69, 9.17) is 4.74 Å². The highest BCUT2D eigenvalue weighted by Crippen LogP contribution is 2.72. The molecule has 0 saturated heterocycles. The lowest BCUT2D eigenvalue weighted by Gasteiger charge is -2.52. The second-order valence-corrected chi connectivity index (χ2v) is 15.1. The van der Waals surface area contributed by atoms with Crippen LogP contribution in [0.3, 0.4) is 0 Å². The molecule has 4 aliphatic carbocycles. The van der Waals surface area contributed by atoms with Crippen LogP contribution < -0.4 is 4.74 Å². The molecule has 0 aromatic heterocycles. The van der Waals surface area contributed by atoms with Crippen LogP contribution in [0, 0.1) is 46.7 Å². The van der Waals surface area contributed by atoms with Gasteiger partial charge in [-0.1, -0.05) is 57.2 Å². The molecular formula is C34H38FOS+. The summed E-state index contributed by atoms with van der Waals surface area (Å²) in [6, 6.07) is 26.8. The quantitative estimate of drug-likeness (QED) is 0.245. The number of hydrogen-bond donors (Lipinski definition) is 0. The fourth-order valence-corrected chi connectivity index (χ4v) is 11.2. The average Bonchev–Trinajstić information content (AvgIpc) is 3.67. The van der Waals surface area contributed by atoms with Crippen molar-refractivity contribution in [2.24, 2.45) is 40.9 Å². The largest absolute Gasteiger partial charge is 0.483 e. The third-order valence-corrected chi connectivity index (χ3v) is 12.6. The van der Waals surface area contributed by atoms with E-state index >= 15 is 4.39 Å². The second-order valence-electron chi connectivity index (χ2n) is 13.1. The van der Waals surface area contributed by atoms with Crippen molar-refractivity contribution in [1.82, 2.24) is 0 Å². The number of benzene rings is 3. The summed E-state index contributed by atoms with van der Waals surface area (Å²) in [7, 11) is -0.325. The molecule has 0 radical (unpaired) electrons. The van der Waals surface area contributed by atoms with E-state index < -0.39 is 0 Å². The second kappa shape index (κ2) is 8.63. The first kappa shape index (κ1) is 23.8. The Morgan fingerprint density at radius 2 is 1.38 bits per heavy atom. The topological polar surface area (TPSA) is 9.23 Å². The predicted octanol–water partition coefficient (Wildman–Crippen LogP) is 8.79. The molecule has 4 fully saturated rings. The lowest BCUT2D eigenvalue weighted by atomic mass is 9.59. The van der Waals surface area contributed by atoms with E-state index in [0.29, 0.717) is 11.7 Å². The van der Waals surface area contributed by atoms with Crippen molar-refractivity contribution < 1.29 is 9.13 Å². The van der Waals surface area contributed by atoms with E-state index in [9.17, 15) is 0 Å². The van der Waals surface area contributed by atoms with Gasteiger partial charge in [0.05, 0.1) is 10.9 Å². The third-order valence-electron chi connectivity index (χ3n) is 10.4. The Bertz CT molecular complexity index is 1240. The van der Waals surface area contributed by atoms with E-state index in [1.165, 1.54) is 35.5 Å². The van der Waals surface area contributed by atoms with Crippen molar-refractivity contribution in [2.45, 2.75) is 73.2 Å². The maximum Gasteiger partial charge on any atom is 0.170 e. The van der Waals surface area contributed by atoms with Gasteiger partial charge < -0.3 is 4.74 Å². The molecule has 7 rings (SSSR count). The molecule has 3 heteroatoms. The summed E-state index contributed by atoms with van der Waals surface area (Å²) in [4.78, 5) is 3.59. The zero-order chi connectivity index (χ0) is 25.4. The van der Waals surface area contributed by atoms with E-state index in [2.05, 4.69) is 81.4 Å². The van der Waals surface area contributed by atoms with Crippen molar-refractivity contribution in [1.29, 1.82) is 0 Å². The molecule has 192 valence electrons. The van der Waals surface area contributed by atoms with Gasteiger partial charge in [0.15, 0.2) is 26.3 Å². The standard InChI is InChI=1S/C34H38FOS/c1-33(2,3)34(21-24-19-28(34)32-23-15-14-22(18-23)31(24)32)36-30-20-27(16-17-29(30)35)37(25-10-6-4-7-11-25)26-12-8-5-9-13-26/h4-13,16-17,20,22-24,28,31-32H,14-15,18-19,21H2,1-3H3/q+1. The lowest BCUT2D eigenvalue weighted by molar-refractivity contribution is -0.115. The summed E-state index contributed by atoms with van der Waals surface area (Å²) in [6.45, 7) is 6.99. The minimum Gasteiger partial charge on any atom is -0.483 e. The fraction of sp³-hybridized carbons (Fsp3) is 0.471. The van der Waals surface area contributed by atoms with Crippen LogP contribution in [0.2, 0.25) is 0 Å². The summed E-state index contributed by atoms with van der Waals surface area (Å²) in [6.07, 6.45) is 6.63. The molecule has 0 N–H and O–H groups in total. The van der Waals surface area contributed by atoms with Crippen LogP contribution in [0.5, 0.6) is 5.75 Å². The van der Waals surface area contributed by atoms with Crippen molar-refractivity contribution in [3.8, 4) is 5.75 Å². The molecular weight excluding hydrogens is 475 g/mol. The third kappa shape index (κ3) is 3.63. The van der Waals surface area contributed by atoms with Crippen molar-refractivity contribution in [3.05, 3.63) is 84.7 Å². The van der Waals surface area contributed by atoms with Crippen LogP contribution in [0.25, 0.3) is 0 Å². The first-order valence-corrected chi connectivity index (χ1v) is 15.4. The van der Waals surface area contributed by atoms with Crippen LogP contribution in [-0.4, -0.2) is 5.60 Å². The summed E-state index contributed by atoms with van der Waals surface area (Å²) >= 11 is 0. The van der Waals surface area contributed by atoms with Crippen LogP contribution in [0.1, 0.15) is 52.9 Å². The summed E-state index contributed by atoms with van der Waals surface area (Å²) in [5.41, 5.74) is -0.358. The number of halogens is 1. The van der Waals surface area contributed by atoms with Crippen molar-refractivity contribution in [2.75, 3.05) is 0 Å². The zero-order valence-electron chi connectivity index (χ0n) is 22.2. The van der Waals surface area contributed by atoms with Gasteiger partial charge in [-0.15, -0.1) is 0 Å². The van der Waals surface area contributed by atoms with E-state index in [1.807, 2.05) is 12.1 Å². The minimum absolute atomic E-state index is 0.0534. The first-order valence-electron chi connectivity index (χ1n) is 14.2.